The highest BCUT2D eigenvalue weighted by molar-refractivity contribution is 7.99. The second-order valence-corrected chi connectivity index (χ2v) is 6.37. The molecule has 21 heavy (non-hydrogen) atoms. The minimum atomic E-state index is -0.223. The van der Waals surface area contributed by atoms with Crippen molar-refractivity contribution in [1.82, 2.24) is 5.32 Å². The molecular weight excluding hydrogens is 309 g/mol. The van der Waals surface area contributed by atoms with E-state index in [0.717, 1.165) is 17.7 Å². The third-order valence-electron chi connectivity index (χ3n) is 3.42. The average molecular weight is 322 g/mol. The van der Waals surface area contributed by atoms with Crippen molar-refractivity contribution in [3.05, 3.63) is 64.4 Å². The Morgan fingerprint density at radius 1 is 1.29 bits per heavy atom. The molecule has 5 heteroatoms. The topological polar surface area (TPSA) is 29.1 Å². The highest BCUT2D eigenvalue weighted by Gasteiger charge is 2.24. The maximum atomic E-state index is 13.8. The summed E-state index contributed by atoms with van der Waals surface area (Å²) in [5, 5.41) is 3.49. The molecule has 1 amide bonds. The van der Waals surface area contributed by atoms with E-state index in [2.05, 4.69) is 5.32 Å². The van der Waals surface area contributed by atoms with Gasteiger partial charge >= 0.3 is 0 Å². The van der Waals surface area contributed by atoms with Crippen LogP contribution in [-0.2, 0) is 0 Å². The molecule has 1 aliphatic rings. The minimum Gasteiger partial charge on any atom is -0.345 e. The van der Waals surface area contributed by atoms with Crippen molar-refractivity contribution >= 4 is 29.3 Å². The summed E-state index contributed by atoms with van der Waals surface area (Å²) in [6, 6.07) is 11.6. The number of halogens is 2. The molecule has 0 aromatic heterocycles. The fourth-order valence-electron chi connectivity index (χ4n) is 2.41. The van der Waals surface area contributed by atoms with Crippen molar-refractivity contribution in [2.45, 2.75) is 17.4 Å². The molecule has 1 heterocycles. The summed E-state index contributed by atoms with van der Waals surface area (Å²) in [4.78, 5) is 12.9. The molecule has 0 aliphatic carbocycles. The first-order valence-electron chi connectivity index (χ1n) is 6.63. The van der Waals surface area contributed by atoms with E-state index in [0.29, 0.717) is 15.5 Å². The van der Waals surface area contributed by atoms with E-state index in [9.17, 15) is 9.18 Å². The van der Waals surface area contributed by atoms with Crippen molar-refractivity contribution in [3.63, 3.8) is 0 Å². The van der Waals surface area contributed by atoms with E-state index in [1.54, 1.807) is 30.3 Å². The number of hydrogen-bond donors (Lipinski definition) is 1. The molecule has 108 valence electrons. The lowest BCUT2D eigenvalue weighted by atomic mass is 10.0. The van der Waals surface area contributed by atoms with Gasteiger partial charge in [-0.1, -0.05) is 29.8 Å². The first kappa shape index (κ1) is 14.4. The third-order valence-corrected chi connectivity index (χ3v) is 4.81. The molecule has 1 N–H and O–H groups in total. The van der Waals surface area contributed by atoms with Crippen LogP contribution < -0.4 is 5.32 Å². The van der Waals surface area contributed by atoms with Crippen LogP contribution >= 0.6 is 23.4 Å². The molecule has 0 bridgehead atoms. The maximum absolute atomic E-state index is 13.8. The summed E-state index contributed by atoms with van der Waals surface area (Å²) in [5.41, 5.74) is 1.36. The summed E-state index contributed by atoms with van der Waals surface area (Å²) >= 11 is 7.40. The van der Waals surface area contributed by atoms with Gasteiger partial charge < -0.3 is 5.32 Å². The van der Waals surface area contributed by atoms with Gasteiger partial charge in [-0.25, -0.2) is 4.39 Å². The van der Waals surface area contributed by atoms with E-state index >= 15 is 0 Å². The smallest absolute Gasteiger partial charge is 0.251 e. The van der Waals surface area contributed by atoms with Crippen LogP contribution in [0.4, 0.5) is 4.39 Å². The summed E-state index contributed by atoms with van der Waals surface area (Å²) < 4.78 is 13.8. The van der Waals surface area contributed by atoms with Crippen LogP contribution in [0.5, 0.6) is 0 Å². The summed E-state index contributed by atoms with van der Waals surface area (Å²) in [7, 11) is 0. The van der Waals surface area contributed by atoms with Gasteiger partial charge in [0, 0.05) is 21.2 Å². The number of nitrogens with one attached hydrogen (secondary N) is 1. The van der Waals surface area contributed by atoms with Crippen molar-refractivity contribution in [2.75, 3.05) is 5.75 Å². The Balaban J connectivity index is 1.84. The lowest BCUT2D eigenvalue weighted by Crippen LogP contribution is -2.30. The number of benzene rings is 2. The molecule has 2 nitrogen and oxygen atoms in total. The molecule has 2 aromatic carbocycles. The van der Waals surface area contributed by atoms with Crippen LogP contribution in [0.25, 0.3) is 0 Å². The Labute approximate surface area is 131 Å². The Morgan fingerprint density at radius 3 is 2.90 bits per heavy atom. The summed E-state index contributed by atoms with van der Waals surface area (Å²) in [5.74, 6) is 0.373. The third kappa shape index (κ3) is 3.06. The van der Waals surface area contributed by atoms with E-state index in [4.69, 9.17) is 11.6 Å². The molecule has 1 aliphatic heterocycles. The predicted molar refractivity (Wildman–Crippen MR) is 83.4 cm³/mol. The van der Waals surface area contributed by atoms with E-state index in [1.807, 2.05) is 6.07 Å². The van der Waals surface area contributed by atoms with E-state index < -0.39 is 0 Å². The van der Waals surface area contributed by atoms with Gasteiger partial charge in [0.05, 0.1) is 6.04 Å². The monoisotopic (exact) mass is 321 g/mol. The molecular formula is C16H13ClFNOS. The largest absolute Gasteiger partial charge is 0.345 e. The molecule has 0 saturated heterocycles. The van der Waals surface area contributed by atoms with Gasteiger partial charge in [-0.3, -0.25) is 4.79 Å². The van der Waals surface area contributed by atoms with Gasteiger partial charge in [0.25, 0.3) is 5.91 Å². The SMILES string of the molecule is O=C(N[C@@H]1CCSc2c(F)cccc21)c1cccc(Cl)c1. The Kier molecular flexibility index (Phi) is 4.17. The number of carbonyl (C=O) groups excluding carboxylic acids is 1. The van der Waals surface area contributed by atoms with E-state index in [-0.39, 0.29) is 17.8 Å². The van der Waals surface area contributed by atoms with Gasteiger partial charge in [0.15, 0.2) is 0 Å². The standard InChI is InChI=1S/C16H13ClFNOS/c17-11-4-1-3-10(9-11)16(20)19-14-7-8-21-15-12(14)5-2-6-13(15)18/h1-6,9,14H,7-8H2,(H,19,20)/t14-/m1/s1. The first-order valence-corrected chi connectivity index (χ1v) is 7.99. The first-order chi connectivity index (χ1) is 10.1. The Bertz CT molecular complexity index is 692. The average Bonchev–Trinajstić information content (AvgIpc) is 2.48. The number of fused-ring (bicyclic) bond motifs is 1. The number of hydrogen-bond acceptors (Lipinski definition) is 2. The maximum Gasteiger partial charge on any atom is 0.251 e. The quantitative estimate of drug-likeness (QED) is 0.885. The number of amides is 1. The summed E-state index contributed by atoms with van der Waals surface area (Å²) in [6.07, 6.45) is 0.785. The van der Waals surface area contributed by atoms with Gasteiger partial charge in [-0.05, 0) is 36.2 Å². The second-order valence-electron chi connectivity index (χ2n) is 4.83. The zero-order valence-electron chi connectivity index (χ0n) is 11.1. The lowest BCUT2D eigenvalue weighted by molar-refractivity contribution is 0.0935. The van der Waals surface area contributed by atoms with E-state index in [1.165, 1.54) is 17.8 Å². The fraction of sp³-hybridized carbons (Fsp3) is 0.188. The Hall–Kier alpha value is -1.52. The highest BCUT2D eigenvalue weighted by atomic mass is 35.5. The van der Waals surface area contributed by atoms with Gasteiger partial charge in [-0.15, -0.1) is 11.8 Å². The van der Waals surface area contributed by atoms with Crippen LogP contribution in [0.1, 0.15) is 28.4 Å². The van der Waals surface area contributed by atoms with Crippen molar-refractivity contribution < 1.29 is 9.18 Å². The lowest BCUT2D eigenvalue weighted by Gasteiger charge is -2.26. The molecule has 0 fully saturated rings. The second kappa shape index (κ2) is 6.08. The zero-order chi connectivity index (χ0) is 14.8. The highest BCUT2D eigenvalue weighted by Crippen LogP contribution is 2.37. The fourth-order valence-corrected chi connectivity index (χ4v) is 3.74. The van der Waals surface area contributed by atoms with Gasteiger partial charge in [-0.2, -0.15) is 0 Å². The molecule has 0 unspecified atom stereocenters. The van der Waals surface area contributed by atoms with Crippen LogP contribution in [0, 0.1) is 5.82 Å². The van der Waals surface area contributed by atoms with Crippen molar-refractivity contribution in [1.29, 1.82) is 0 Å². The van der Waals surface area contributed by atoms with Crippen LogP contribution in [0.3, 0.4) is 0 Å². The predicted octanol–water partition coefficient (Wildman–Crippen LogP) is 4.45. The Morgan fingerprint density at radius 2 is 2.10 bits per heavy atom. The molecule has 0 saturated carbocycles. The van der Waals surface area contributed by atoms with Crippen molar-refractivity contribution in [2.24, 2.45) is 0 Å². The van der Waals surface area contributed by atoms with Crippen molar-refractivity contribution in [3.8, 4) is 0 Å². The molecule has 3 rings (SSSR count). The van der Waals surface area contributed by atoms with Crippen LogP contribution in [0.15, 0.2) is 47.4 Å². The number of thioether (sulfide) groups is 1. The van der Waals surface area contributed by atoms with Gasteiger partial charge in [0.2, 0.25) is 0 Å². The zero-order valence-corrected chi connectivity index (χ0v) is 12.7. The van der Waals surface area contributed by atoms with Crippen LogP contribution in [-0.4, -0.2) is 11.7 Å². The summed E-state index contributed by atoms with van der Waals surface area (Å²) in [6.45, 7) is 0. The molecule has 0 radical (unpaired) electrons. The number of carbonyl (C=O) groups is 1. The van der Waals surface area contributed by atoms with Gasteiger partial charge in [0.1, 0.15) is 5.82 Å². The normalized spacial score (nSPS) is 17.1. The number of rotatable bonds is 2. The minimum absolute atomic E-state index is 0.163. The van der Waals surface area contributed by atoms with Crippen LogP contribution in [0.2, 0.25) is 5.02 Å². The molecule has 0 spiro atoms. The molecule has 1 atom stereocenters. The molecule has 2 aromatic rings.